The van der Waals surface area contributed by atoms with Gasteiger partial charge in [-0.1, -0.05) is 24.3 Å². The summed E-state index contributed by atoms with van der Waals surface area (Å²) in [6.07, 6.45) is 1.92. The molecule has 0 fully saturated rings. The normalized spacial score (nSPS) is 24.9. The first-order valence-corrected chi connectivity index (χ1v) is 7.84. The highest BCUT2D eigenvalue weighted by atomic mass is 32.2. The fourth-order valence-electron chi connectivity index (χ4n) is 2.41. The van der Waals surface area contributed by atoms with Crippen LogP contribution in [0.2, 0.25) is 0 Å². The molecule has 0 radical (unpaired) electrons. The molecule has 1 aliphatic rings. The lowest BCUT2D eigenvalue weighted by molar-refractivity contribution is 0.0848. The van der Waals surface area contributed by atoms with E-state index < -0.39 is 16.6 Å². The van der Waals surface area contributed by atoms with Gasteiger partial charge in [0.1, 0.15) is 10.9 Å². The fraction of sp³-hybridized carbons (Fsp3) is 0.500. The van der Waals surface area contributed by atoms with Crippen molar-refractivity contribution in [3.05, 3.63) is 35.4 Å². The van der Waals surface area contributed by atoms with Crippen molar-refractivity contribution in [3.63, 3.8) is 0 Å². The summed E-state index contributed by atoms with van der Waals surface area (Å²) < 4.78 is 21.6. The average Bonchev–Trinajstić information content (AvgIpc) is 2.35. The van der Waals surface area contributed by atoms with E-state index in [-0.39, 0.29) is 11.3 Å². The average molecular weight is 295 g/mol. The van der Waals surface area contributed by atoms with Crippen LogP contribution < -0.4 is 11.5 Å². The highest BCUT2D eigenvalue weighted by Gasteiger charge is 2.41. The van der Waals surface area contributed by atoms with Crippen LogP contribution >= 0.6 is 0 Å². The first kappa shape index (κ1) is 15.0. The van der Waals surface area contributed by atoms with Gasteiger partial charge in [0.25, 0.3) is 6.02 Å². The van der Waals surface area contributed by atoms with Gasteiger partial charge in [0, 0.05) is 0 Å². The number of nitrogens with two attached hydrogens (primary N) is 2. The molecule has 2 rings (SSSR count). The smallest absolute Gasteiger partial charge is 0.296 e. The molecule has 6 heteroatoms. The van der Waals surface area contributed by atoms with Crippen LogP contribution in [-0.2, 0) is 22.1 Å². The predicted octanol–water partition coefficient (Wildman–Crippen LogP) is 1.41. The zero-order valence-corrected chi connectivity index (χ0v) is 12.7. The minimum absolute atomic E-state index is 0.0100. The second-order valence-corrected chi connectivity index (χ2v) is 6.63. The van der Waals surface area contributed by atoms with E-state index in [2.05, 4.69) is 4.40 Å². The zero-order chi connectivity index (χ0) is 14.8. The van der Waals surface area contributed by atoms with Crippen LogP contribution in [0.4, 0.5) is 0 Å². The first-order valence-electron chi connectivity index (χ1n) is 6.67. The molecule has 0 saturated carbocycles. The topological polar surface area (TPSA) is 90.7 Å². The molecule has 110 valence electrons. The van der Waals surface area contributed by atoms with Gasteiger partial charge in [0.2, 0.25) is 0 Å². The minimum Gasteiger partial charge on any atom is -0.457 e. The van der Waals surface area contributed by atoms with Crippen molar-refractivity contribution in [1.82, 2.24) is 0 Å². The number of rotatable bonds is 4. The molecule has 2 unspecified atom stereocenters. The Labute approximate surface area is 122 Å². The molecular formula is C14H21N3O2S. The van der Waals surface area contributed by atoms with Crippen molar-refractivity contribution in [3.8, 4) is 0 Å². The predicted molar refractivity (Wildman–Crippen MR) is 81.5 cm³/mol. The quantitative estimate of drug-likeness (QED) is 0.878. The van der Waals surface area contributed by atoms with Gasteiger partial charge in [-0.15, -0.1) is 4.40 Å². The second kappa shape index (κ2) is 5.93. The molecule has 1 aromatic carbocycles. The standard InChI is InChI=1S/C14H21N3O2S/c1-14(2)12(20(18)17-13(16)19-14)11-7-5-10(6-8-11)4-3-9-15/h5-8,12H,3-4,9,15H2,1-2H3,(H2,16,17). The summed E-state index contributed by atoms with van der Waals surface area (Å²) in [5.74, 6) is 0. The third kappa shape index (κ3) is 3.19. The largest absolute Gasteiger partial charge is 0.457 e. The molecule has 0 aromatic heterocycles. The molecule has 0 bridgehead atoms. The Morgan fingerprint density at radius 1 is 1.35 bits per heavy atom. The van der Waals surface area contributed by atoms with Gasteiger partial charge in [-0.25, -0.2) is 4.21 Å². The van der Waals surface area contributed by atoms with Gasteiger partial charge in [0.15, 0.2) is 11.0 Å². The summed E-state index contributed by atoms with van der Waals surface area (Å²) in [5, 5.41) is -0.321. The van der Waals surface area contributed by atoms with Crippen LogP contribution in [0.25, 0.3) is 0 Å². The maximum absolute atomic E-state index is 12.2. The number of nitrogens with zero attached hydrogens (tertiary/aromatic N) is 1. The van der Waals surface area contributed by atoms with Gasteiger partial charge < -0.3 is 16.2 Å². The summed E-state index contributed by atoms with van der Waals surface area (Å²) in [4.78, 5) is 0. The van der Waals surface area contributed by atoms with Crippen LogP contribution in [0, 0.1) is 0 Å². The molecule has 1 heterocycles. The molecule has 5 nitrogen and oxygen atoms in total. The Hall–Kier alpha value is -1.40. The number of amidine groups is 1. The van der Waals surface area contributed by atoms with Crippen molar-refractivity contribution in [2.45, 2.75) is 37.5 Å². The lowest BCUT2D eigenvalue weighted by atomic mass is 9.96. The zero-order valence-electron chi connectivity index (χ0n) is 11.8. The van der Waals surface area contributed by atoms with Gasteiger partial charge in [-0.05, 0) is 44.4 Å². The SMILES string of the molecule is CC1(C)OC(N)=NS(=O)C1c1ccc(CCCN)cc1. The second-order valence-electron chi connectivity index (χ2n) is 5.43. The number of hydrogen-bond acceptors (Lipinski definition) is 4. The third-order valence-electron chi connectivity index (χ3n) is 3.33. The van der Waals surface area contributed by atoms with E-state index in [0.29, 0.717) is 6.54 Å². The Morgan fingerprint density at radius 2 is 2.00 bits per heavy atom. The molecule has 4 N–H and O–H groups in total. The van der Waals surface area contributed by atoms with Gasteiger partial charge >= 0.3 is 0 Å². The van der Waals surface area contributed by atoms with Crippen molar-refractivity contribution >= 4 is 17.0 Å². The monoisotopic (exact) mass is 295 g/mol. The third-order valence-corrected chi connectivity index (χ3v) is 4.94. The highest BCUT2D eigenvalue weighted by Crippen LogP contribution is 2.37. The van der Waals surface area contributed by atoms with Crippen LogP contribution in [0.5, 0.6) is 0 Å². The Morgan fingerprint density at radius 3 is 2.55 bits per heavy atom. The van der Waals surface area contributed by atoms with Gasteiger partial charge in [0.05, 0.1) is 0 Å². The number of hydrogen-bond donors (Lipinski definition) is 2. The Kier molecular flexibility index (Phi) is 4.45. The Bertz CT molecular complexity index is 526. The van der Waals surface area contributed by atoms with Crippen molar-refractivity contribution < 1.29 is 8.95 Å². The Balaban J connectivity index is 2.24. The molecule has 0 amide bonds. The van der Waals surface area contributed by atoms with Crippen LogP contribution in [-0.4, -0.2) is 22.4 Å². The number of aryl methyl sites for hydroxylation is 1. The summed E-state index contributed by atoms with van der Waals surface area (Å²) >= 11 is 0. The number of ether oxygens (including phenoxy) is 1. The molecule has 1 aromatic rings. The molecule has 1 aliphatic heterocycles. The van der Waals surface area contributed by atoms with E-state index in [4.69, 9.17) is 16.2 Å². The minimum atomic E-state index is -1.42. The lowest BCUT2D eigenvalue weighted by Crippen LogP contribution is -2.43. The van der Waals surface area contributed by atoms with Gasteiger partial charge in [-0.3, -0.25) is 0 Å². The summed E-state index contributed by atoms with van der Waals surface area (Å²) in [6, 6.07) is 8.04. The molecule has 0 aliphatic carbocycles. The summed E-state index contributed by atoms with van der Waals surface area (Å²) in [7, 11) is -1.42. The number of benzene rings is 1. The molecule has 0 saturated heterocycles. The van der Waals surface area contributed by atoms with Crippen LogP contribution in [0.3, 0.4) is 0 Å². The van der Waals surface area contributed by atoms with E-state index in [0.717, 1.165) is 18.4 Å². The summed E-state index contributed by atoms with van der Waals surface area (Å²) in [5.41, 5.74) is 12.6. The molecule has 20 heavy (non-hydrogen) atoms. The highest BCUT2D eigenvalue weighted by molar-refractivity contribution is 7.84. The molecule has 2 atom stereocenters. The van der Waals surface area contributed by atoms with E-state index in [9.17, 15) is 4.21 Å². The first-order chi connectivity index (χ1) is 9.44. The molecular weight excluding hydrogens is 274 g/mol. The van der Waals surface area contributed by atoms with E-state index >= 15 is 0 Å². The van der Waals surface area contributed by atoms with Crippen molar-refractivity contribution in [1.29, 1.82) is 0 Å². The fourth-order valence-corrected chi connectivity index (χ4v) is 3.65. The summed E-state index contributed by atoms with van der Waals surface area (Å²) in [6.45, 7) is 4.43. The van der Waals surface area contributed by atoms with Crippen molar-refractivity contribution in [2.24, 2.45) is 15.9 Å². The lowest BCUT2D eigenvalue weighted by Gasteiger charge is -2.35. The van der Waals surface area contributed by atoms with Gasteiger partial charge in [-0.2, -0.15) is 0 Å². The molecule has 0 spiro atoms. The van der Waals surface area contributed by atoms with Crippen LogP contribution in [0.1, 0.15) is 36.6 Å². The van der Waals surface area contributed by atoms with Crippen molar-refractivity contribution in [2.75, 3.05) is 6.54 Å². The maximum atomic E-state index is 12.2. The maximum Gasteiger partial charge on any atom is 0.296 e. The van der Waals surface area contributed by atoms with Crippen LogP contribution in [0.15, 0.2) is 28.7 Å². The van der Waals surface area contributed by atoms with E-state index in [1.54, 1.807) is 0 Å². The van der Waals surface area contributed by atoms with E-state index in [1.165, 1.54) is 5.56 Å². The van der Waals surface area contributed by atoms with E-state index in [1.807, 2.05) is 38.1 Å².